The van der Waals surface area contributed by atoms with Gasteiger partial charge < -0.3 is 20.1 Å². The SMILES string of the molecule is O=S(=O)(C1CC1)n1cc(-c2nccc(Nc3cc(NC4CCC(F)CC4)c(-c4cnc(OC5CCOC5)cn4)cn3)n2)cn1. The monoisotopic (exact) mass is 621 g/mol. The number of nitrogens with zero attached hydrogens (tertiary/aromatic N) is 7. The molecule has 1 saturated heterocycles. The molecule has 1 aliphatic heterocycles. The molecule has 0 aromatic carbocycles. The molecule has 230 valence electrons. The van der Waals surface area contributed by atoms with Gasteiger partial charge in [-0.25, -0.2) is 37.7 Å². The first-order valence-corrected chi connectivity index (χ1v) is 16.3. The van der Waals surface area contributed by atoms with E-state index in [1.165, 1.54) is 12.4 Å². The van der Waals surface area contributed by atoms with Gasteiger partial charge in [-0.05, 0) is 44.6 Å². The van der Waals surface area contributed by atoms with Gasteiger partial charge in [0.15, 0.2) is 5.82 Å². The number of hydrogen-bond acceptors (Lipinski definition) is 12. The van der Waals surface area contributed by atoms with Crippen LogP contribution in [0.3, 0.4) is 0 Å². The number of alkyl halides is 1. The maximum absolute atomic E-state index is 13.8. The molecule has 0 amide bonds. The molecule has 5 heterocycles. The lowest BCUT2D eigenvalue weighted by atomic mass is 9.93. The summed E-state index contributed by atoms with van der Waals surface area (Å²) in [5, 5.41) is 10.5. The summed E-state index contributed by atoms with van der Waals surface area (Å²) in [7, 11) is -3.49. The normalized spacial score (nSPS) is 22.1. The second-order valence-electron chi connectivity index (χ2n) is 11.3. The molecule has 0 spiro atoms. The van der Waals surface area contributed by atoms with E-state index in [1.807, 2.05) is 6.07 Å². The number of aromatic nitrogens is 7. The Hall–Kier alpha value is -4.24. The molecule has 7 rings (SSSR count). The van der Waals surface area contributed by atoms with Crippen LogP contribution in [0, 0.1) is 0 Å². The second-order valence-corrected chi connectivity index (χ2v) is 13.4. The van der Waals surface area contributed by atoms with Crippen molar-refractivity contribution in [2.75, 3.05) is 23.8 Å². The topological polar surface area (TPSA) is 159 Å². The molecule has 15 heteroatoms. The molecule has 3 fully saturated rings. The quantitative estimate of drug-likeness (QED) is 0.261. The predicted octanol–water partition coefficient (Wildman–Crippen LogP) is 4.14. The number of anilines is 3. The van der Waals surface area contributed by atoms with Crippen LogP contribution in [0.4, 0.5) is 21.7 Å². The lowest BCUT2D eigenvalue weighted by Crippen LogP contribution is -2.27. The van der Waals surface area contributed by atoms with Gasteiger partial charge in [-0.1, -0.05) is 0 Å². The fraction of sp³-hybridized carbons (Fsp3) is 0.448. The van der Waals surface area contributed by atoms with Gasteiger partial charge in [0, 0.05) is 42.2 Å². The fourth-order valence-electron chi connectivity index (χ4n) is 5.33. The van der Waals surface area contributed by atoms with E-state index in [9.17, 15) is 12.8 Å². The van der Waals surface area contributed by atoms with Crippen LogP contribution < -0.4 is 15.4 Å². The highest BCUT2D eigenvalue weighted by atomic mass is 32.2. The highest BCUT2D eigenvalue weighted by Gasteiger charge is 2.37. The van der Waals surface area contributed by atoms with E-state index in [0.717, 1.165) is 21.8 Å². The van der Waals surface area contributed by atoms with Crippen LogP contribution in [0.5, 0.6) is 5.88 Å². The van der Waals surface area contributed by atoms with E-state index in [1.54, 1.807) is 30.9 Å². The van der Waals surface area contributed by atoms with Crippen molar-refractivity contribution < 1.29 is 22.3 Å². The Morgan fingerprint density at radius 2 is 1.82 bits per heavy atom. The maximum Gasteiger partial charge on any atom is 0.256 e. The van der Waals surface area contributed by atoms with Crippen molar-refractivity contribution in [3.05, 3.63) is 49.3 Å². The largest absolute Gasteiger partial charge is 0.471 e. The van der Waals surface area contributed by atoms with Crippen molar-refractivity contribution in [3.8, 4) is 28.5 Å². The summed E-state index contributed by atoms with van der Waals surface area (Å²) in [5.74, 6) is 1.74. The molecular formula is C29H32FN9O4S. The number of halogens is 1. The van der Waals surface area contributed by atoms with Crippen molar-refractivity contribution in [2.24, 2.45) is 0 Å². The Morgan fingerprint density at radius 3 is 2.57 bits per heavy atom. The van der Waals surface area contributed by atoms with Gasteiger partial charge in [0.2, 0.25) is 5.88 Å². The Kier molecular flexibility index (Phi) is 7.80. The van der Waals surface area contributed by atoms with Crippen LogP contribution in [-0.4, -0.2) is 79.3 Å². The highest BCUT2D eigenvalue weighted by Crippen LogP contribution is 2.33. The summed E-state index contributed by atoms with van der Waals surface area (Å²) >= 11 is 0. The van der Waals surface area contributed by atoms with E-state index in [-0.39, 0.29) is 17.4 Å². The van der Waals surface area contributed by atoms with Crippen LogP contribution in [-0.2, 0) is 14.8 Å². The zero-order valence-electron chi connectivity index (χ0n) is 23.8. The molecule has 4 aromatic rings. The molecule has 2 saturated carbocycles. The lowest BCUT2D eigenvalue weighted by Gasteiger charge is -2.27. The summed E-state index contributed by atoms with van der Waals surface area (Å²) in [6.07, 6.45) is 13.2. The molecule has 2 N–H and O–H groups in total. The molecule has 0 radical (unpaired) electrons. The van der Waals surface area contributed by atoms with Crippen LogP contribution in [0.2, 0.25) is 0 Å². The minimum absolute atomic E-state index is 0.0284. The zero-order valence-corrected chi connectivity index (χ0v) is 24.7. The minimum Gasteiger partial charge on any atom is -0.471 e. The molecule has 1 unspecified atom stereocenters. The predicted molar refractivity (Wildman–Crippen MR) is 160 cm³/mol. The highest BCUT2D eigenvalue weighted by molar-refractivity contribution is 7.90. The van der Waals surface area contributed by atoms with Crippen molar-refractivity contribution >= 4 is 27.3 Å². The maximum atomic E-state index is 13.8. The minimum atomic E-state index is -3.49. The standard InChI is InChI=1S/C29H32FN9O4S/c30-19-1-3-20(4-2-19)36-24-11-27(33-13-23(24)25-14-34-28(15-32-25)43-21-8-10-42-17-21)37-26-7-9-31-29(38-26)18-12-35-39(16-18)44(40,41)22-5-6-22/h7,9,11-16,19-22H,1-6,8,10,17H2,(H2,31,33,36,37,38). The van der Waals surface area contributed by atoms with Gasteiger partial charge in [-0.2, -0.15) is 9.19 Å². The Bertz CT molecular complexity index is 1720. The summed E-state index contributed by atoms with van der Waals surface area (Å²) in [5.41, 5.74) is 2.62. The van der Waals surface area contributed by atoms with Crippen molar-refractivity contribution in [1.29, 1.82) is 0 Å². The van der Waals surface area contributed by atoms with E-state index >= 15 is 0 Å². The first kappa shape index (κ1) is 28.5. The number of pyridine rings is 1. The van der Waals surface area contributed by atoms with Crippen molar-refractivity contribution in [1.82, 2.24) is 34.1 Å². The van der Waals surface area contributed by atoms with Crippen molar-refractivity contribution in [3.63, 3.8) is 0 Å². The second kappa shape index (κ2) is 12.0. The van der Waals surface area contributed by atoms with Crippen LogP contribution in [0.1, 0.15) is 44.9 Å². The van der Waals surface area contributed by atoms with Gasteiger partial charge in [0.05, 0.1) is 54.5 Å². The first-order valence-electron chi connectivity index (χ1n) is 14.8. The number of nitrogens with one attached hydrogen (secondary N) is 2. The fourth-order valence-corrected chi connectivity index (χ4v) is 6.81. The van der Waals surface area contributed by atoms with E-state index < -0.39 is 16.2 Å². The Labute approximate surface area is 253 Å². The molecule has 3 aliphatic rings. The Morgan fingerprint density at radius 1 is 0.955 bits per heavy atom. The summed E-state index contributed by atoms with van der Waals surface area (Å²) in [6.45, 7) is 1.21. The third-order valence-corrected chi connectivity index (χ3v) is 9.97. The third-order valence-electron chi connectivity index (χ3n) is 7.94. The van der Waals surface area contributed by atoms with Gasteiger partial charge in [-0.15, -0.1) is 0 Å². The van der Waals surface area contributed by atoms with E-state index in [2.05, 4.69) is 40.7 Å². The lowest BCUT2D eigenvalue weighted by molar-refractivity contribution is 0.137. The van der Waals surface area contributed by atoms with Gasteiger partial charge >= 0.3 is 0 Å². The van der Waals surface area contributed by atoms with Crippen LogP contribution in [0.15, 0.2) is 49.3 Å². The molecule has 4 aromatic heterocycles. The van der Waals surface area contributed by atoms with Gasteiger partial charge in [0.1, 0.15) is 23.9 Å². The smallest absolute Gasteiger partial charge is 0.256 e. The molecule has 0 bridgehead atoms. The summed E-state index contributed by atoms with van der Waals surface area (Å²) in [4.78, 5) is 22.5. The first-order chi connectivity index (χ1) is 21.4. The summed E-state index contributed by atoms with van der Waals surface area (Å²) < 4.78 is 51.2. The number of hydrogen-bond donors (Lipinski definition) is 2. The van der Waals surface area contributed by atoms with Crippen LogP contribution in [0.25, 0.3) is 22.6 Å². The molecular weight excluding hydrogens is 589 g/mol. The van der Waals surface area contributed by atoms with Gasteiger partial charge in [0.25, 0.3) is 10.0 Å². The zero-order chi connectivity index (χ0) is 30.1. The third kappa shape index (κ3) is 6.33. The van der Waals surface area contributed by atoms with Crippen LogP contribution >= 0.6 is 0 Å². The number of rotatable bonds is 10. The molecule has 13 nitrogen and oxygen atoms in total. The van der Waals surface area contributed by atoms with Gasteiger partial charge in [-0.3, -0.25) is 0 Å². The summed E-state index contributed by atoms with van der Waals surface area (Å²) in [6, 6.07) is 3.66. The molecule has 44 heavy (non-hydrogen) atoms. The average Bonchev–Trinajstić information content (AvgIpc) is 3.55. The van der Waals surface area contributed by atoms with Crippen molar-refractivity contribution in [2.45, 2.75) is 68.5 Å². The Balaban J connectivity index is 1.12. The molecule has 2 aliphatic carbocycles. The number of ether oxygens (including phenoxy) is 2. The van der Waals surface area contributed by atoms with E-state index in [4.69, 9.17) is 9.47 Å². The molecule has 1 atom stereocenters. The van der Waals surface area contributed by atoms with E-state index in [0.29, 0.717) is 86.3 Å². The average molecular weight is 622 g/mol.